The van der Waals surface area contributed by atoms with Crippen molar-refractivity contribution in [2.45, 2.75) is 31.6 Å². The minimum atomic E-state index is -0.441. The van der Waals surface area contributed by atoms with E-state index in [2.05, 4.69) is 18.8 Å². The molecule has 0 radical (unpaired) electrons. The third kappa shape index (κ3) is 2.02. The third-order valence-corrected chi connectivity index (χ3v) is 5.07. The van der Waals surface area contributed by atoms with Gasteiger partial charge in [-0.15, -0.1) is 6.58 Å². The first-order valence-corrected chi connectivity index (χ1v) is 7.77. The first-order chi connectivity index (χ1) is 10.1. The number of rotatable bonds is 6. The first kappa shape index (κ1) is 14.6. The molecule has 1 aliphatic carbocycles. The minimum Gasteiger partial charge on any atom is -0.376 e. The number of benzene rings is 1. The van der Waals surface area contributed by atoms with Crippen molar-refractivity contribution in [1.29, 1.82) is 0 Å². The Labute approximate surface area is 130 Å². The smallest absolute Gasteiger partial charge is 0.233 e. The second kappa shape index (κ2) is 5.15. The van der Waals surface area contributed by atoms with Crippen LogP contribution in [0, 0.1) is 5.41 Å². The van der Waals surface area contributed by atoms with E-state index in [1.165, 1.54) is 5.56 Å². The van der Waals surface area contributed by atoms with E-state index in [-0.39, 0.29) is 11.3 Å². The number of ether oxygens (including phenoxy) is 1. The molecule has 2 atom stereocenters. The molecular formula is C17H20ClNO2. The summed E-state index contributed by atoms with van der Waals surface area (Å²) >= 11 is 6.17. The van der Waals surface area contributed by atoms with Gasteiger partial charge in [0.2, 0.25) is 5.91 Å². The molecule has 0 saturated heterocycles. The summed E-state index contributed by atoms with van der Waals surface area (Å²) in [5, 5.41) is 3.74. The Hall–Kier alpha value is -1.32. The van der Waals surface area contributed by atoms with Crippen LogP contribution in [-0.4, -0.2) is 19.1 Å². The number of nitrogens with one attached hydrogen (secondary N) is 1. The average Bonchev–Trinajstić information content (AvgIpc) is 3.12. The molecule has 1 N–H and O–H groups in total. The van der Waals surface area contributed by atoms with Crippen molar-refractivity contribution in [2.24, 2.45) is 5.41 Å². The third-order valence-electron chi connectivity index (χ3n) is 4.84. The Morgan fingerprint density at radius 1 is 1.48 bits per heavy atom. The van der Waals surface area contributed by atoms with Gasteiger partial charge in [-0.2, -0.15) is 0 Å². The molecule has 2 unspecified atom stereocenters. The first-order valence-electron chi connectivity index (χ1n) is 7.40. The maximum Gasteiger partial charge on any atom is 0.233 e. The van der Waals surface area contributed by atoms with Crippen LogP contribution in [-0.2, 0) is 14.9 Å². The van der Waals surface area contributed by atoms with E-state index in [1.807, 2.05) is 18.2 Å². The lowest BCUT2D eigenvalue weighted by atomic mass is 9.79. The molecule has 4 heteroatoms. The quantitative estimate of drug-likeness (QED) is 0.639. The van der Waals surface area contributed by atoms with Crippen molar-refractivity contribution in [1.82, 2.24) is 0 Å². The fourth-order valence-electron chi connectivity index (χ4n) is 3.85. The molecule has 3 nitrogen and oxygen atoms in total. The summed E-state index contributed by atoms with van der Waals surface area (Å²) < 4.78 is 5.64. The molecule has 1 fully saturated rings. The van der Waals surface area contributed by atoms with Crippen LogP contribution >= 0.6 is 11.6 Å². The maximum absolute atomic E-state index is 12.6. The monoisotopic (exact) mass is 305 g/mol. The summed E-state index contributed by atoms with van der Waals surface area (Å²) in [5.41, 5.74) is 1.50. The SMILES string of the molecule is C=CCOCC12CC1(CCC)c1cc(Cl)ccc1NC2=O. The van der Waals surface area contributed by atoms with Crippen LogP contribution in [0.4, 0.5) is 5.69 Å². The highest BCUT2D eigenvalue weighted by molar-refractivity contribution is 6.30. The van der Waals surface area contributed by atoms with Crippen molar-refractivity contribution < 1.29 is 9.53 Å². The molecule has 1 aromatic carbocycles. The second-order valence-electron chi connectivity index (χ2n) is 6.04. The average molecular weight is 306 g/mol. The Morgan fingerprint density at radius 2 is 2.29 bits per heavy atom. The van der Waals surface area contributed by atoms with Crippen molar-refractivity contribution >= 4 is 23.2 Å². The fourth-order valence-corrected chi connectivity index (χ4v) is 4.02. The van der Waals surface area contributed by atoms with Crippen LogP contribution < -0.4 is 5.32 Å². The number of hydrogen-bond acceptors (Lipinski definition) is 2. The van der Waals surface area contributed by atoms with Crippen LogP contribution in [0.1, 0.15) is 31.7 Å². The zero-order chi connectivity index (χ0) is 15.1. The molecule has 3 rings (SSSR count). The molecule has 0 bridgehead atoms. The Morgan fingerprint density at radius 3 is 3.00 bits per heavy atom. The van der Waals surface area contributed by atoms with E-state index in [0.717, 1.165) is 24.9 Å². The summed E-state index contributed by atoms with van der Waals surface area (Å²) in [4.78, 5) is 12.6. The van der Waals surface area contributed by atoms with Gasteiger partial charge in [0.05, 0.1) is 18.6 Å². The van der Waals surface area contributed by atoms with Crippen molar-refractivity contribution in [2.75, 3.05) is 18.5 Å². The van der Waals surface area contributed by atoms with E-state index in [1.54, 1.807) is 6.08 Å². The molecule has 1 amide bonds. The van der Waals surface area contributed by atoms with Crippen LogP contribution in [0.2, 0.25) is 5.02 Å². The van der Waals surface area contributed by atoms with Gasteiger partial charge in [-0.1, -0.05) is 31.0 Å². The predicted octanol–water partition coefficient (Wildman–Crippen LogP) is 3.92. The zero-order valence-corrected chi connectivity index (χ0v) is 13.0. The van der Waals surface area contributed by atoms with E-state index in [9.17, 15) is 4.79 Å². The lowest BCUT2D eigenvalue weighted by Crippen LogP contribution is -2.40. The second-order valence-corrected chi connectivity index (χ2v) is 6.48. The van der Waals surface area contributed by atoms with Gasteiger partial charge in [0.25, 0.3) is 0 Å². The van der Waals surface area contributed by atoms with Gasteiger partial charge in [0.1, 0.15) is 0 Å². The van der Waals surface area contributed by atoms with Crippen molar-refractivity contribution in [3.63, 3.8) is 0 Å². The number of hydrogen-bond donors (Lipinski definition) is 1. The number of carbonyl (C=O) groups is 1. The van der Waals surface area contributed by atoms with Crippen LogP contribution in [0.5, 0.6) is 0 Å². The lowest BCUT2D eigenvalue weighted by molar-refractivity contribution is -0.124. The van der Waals surface area contributed by atoms with Crippen LogP contribution in [0.25, 0.3) is 0 Å². The van der Waals surface area contributed by atoms with Gasteiger partial charge in [0, 0.05) is 16.1 Å². The largest absolute Gasteiger partial charge is 0.376 e. The molecule has 1 heterocycles. The van der Waals surface area contributed by atoms with E-state index in [0.29, 0.717) is 18.2 Å². The predicted molar refractivity (Wildman–Crippen MR) is 84.7 cm³/mol. The maximum atomic E-state index is 12.6. The van der Waals surface area contributed by atoms with Crippen molar-refractivity contribution in [3.05, 3.63) is 41.4 Å². The number of halogens is 1. The summed E-state index contributed by atoms with van der Waals surface area (Å²) in [5.74, 6) is 0.0786. The van der Waals surface area contributed by atoms with Gasteiger partial charge < -0.3 is 10.1 Å². The van der Waals surface area contributed by atoms with Gasteiger partial charge >= 0.3 is 0 Å². The highest BCUT2D eigenvalue weighted by Gasteiger charge is 2.74. The molecule has 1 aliphatic heterocycles. The summed E-state index contributed by atoms with van der Waals surface area (Å²) in [7, 11) is 0. The lowest BCUT2D eigenvalue weighted by Gasteiger charge is -2.32. The molecule has 21 heavy (non-hydrogen) atoms. The van der Waals surface area contributed by atoms with Crippen LogP contribution in [0.3, 0.4) is 0 Å². The summed E-state index contributed by atoms with van der Waals surface area (Å²) in [6.07, 6.45) is 4.56. The van der Waals surface area contributed by atoms with Gasteiger partial charge in [-0.05, 0) is 36.6 Å². The molecule has 0 aromatic heterocycles. The molecule has 1 saturated carbocycles. The Bertz CT molecular complexity index is 600. The van der Waals surface area contributed by atoms with Crippen molar-refractivity contribution in [3.8, 4) is 0 Å². The molecule has 112 valence electrons. The number of anilines is 1. The van der Waals surface area contributed by atoms with Gasteiger partial charge in [-0.25, -0.2) is 0 Å². The van der Waals surface area contributed by atoms with Gasteiger partial charge in [-0.3, -0.25) is 4.79 Å². The molecule has 0 spiro atoms. The number of fused-ring (bicyclic) bond motifs is 3. The zero-order valence-electron chi connectivity index (χ0n) is 12.2. The normalized spacial score (nSPS) is 29.3. The van der Waals surface area contributed by atoms with Gasteiger partial charge in [0.15, 0.2) is 0 Å². The van der Waals surface area contributed by atoms with E-state index in [4.69, 9.17) is 16.3 Å². The van der Waals surface area contributed by atoms with E-state index >= 15 is 0 Å². The molecular weight excluding hydrogens is 286 g/mol. The fraction of sp³-hybridized carbons (Fsp3) is 0.471. The number of carbonyl (C=O) groups excluding carboxylic acids is 1. The highest BCUT2D eigenvalue weighted by atomic mass is 35.5. The Kier molecular flexibility index (Phi) is 3.58. The number of amides is 1. The minimum absolute atomic E-state index is 0.0786. The Balaban J connectivity index is 2.01. The highest BCUT2D eigenvalue weighted by Crippen LogP contribution is 2.70. The van der Waals surface area contributed by atoms with E-state index < -0.39 is 5.41 Å². The summed E-state index contributed by atoms with van der Waals surface area (Å²) in [6, 6.07) is 5.73. The molecule has 1 aromatic rings. The molecule has 2 aliphatic rings. The standard InChI is InChI=1S/C17H20ClNO2/c1-3-7-16-10-17(16,11-21-8-4-2)15(20)19-14-6-5-12(18)9-13(14)16/h4-6,9H,2-3,7-8,10-11H2,1H3,(H,19,20). The topological polar surface area (TPSA) is 38.3 Å². The van der Waals surface area contributed by atoms with Crippen LogP contribution in [0.15, 0.2) is 30.9 Å². The summed E-state index contributed by atoms with van der Waals surface area (Å²) in [6.45, 7) is 6.72.